The molecule has 152 valence electrons. The van der Waals surface area contributed by atoms with Gasteiger partial charge in [0, 0.05) is 11.0 Å². The van der Waals surface area contributed by atoms with E-state index in [4.69, 9.17) is 19.5 Å². The number of nitrogens with two attached hydrogens (primary N) is 1. The van der Waals surface area contributed by atoms with Gasteiger partial charge >= 0.3 is 14.3 Å². The van der Waals surface area contributed by atoms with E-state index >= 15 is 0 Å². The van der Waals surface area contributed by atoms with Gasteiger partial charge in [0.2, 0.25) is 0 Å². The van der Waals surface area contributed by atoms with Gasteiger partial charge in [-0.25, -0.2) is 18.3 Å². The predicted molar refractivity (Wildman–Crippen MR) is 93.8 cm³/mol. The highest BCUT2D eigenvalue weighted by molar-refractivity contribution is 7.33. The van der Waals surface area contributed by atoms with E-state index in [2.05, 4.69) is 15.0 Å². The number of ether oxygens (including phenoxy) is 1. The fourth-order valence-corrected chi connectivity index (χ4v) is 3.48. The van der Waals surface area contributed by atoms with Gasteiger partial charge in [0.1, 0.15) is 6.23 Å². The lowest BCUT2D eigenvalue weighted by atomic mass is 10.2. The maximum absolute atomic E-state index is 14.9. The van der Waals surface area contributed by atoms with Gasteiger partial charge in [0.15, 0.2) is 35.5 Å². The summed E-state index contributed by atoms with van der Waals surface area (Å²) in [7, 11) is -2.76. The van der Waals surface area contributed by atoms with Crippen LogP contribution >= 0.6 is 8.25 Å². The zero-order valence-electron chi connectivity index (χ0n) is 14.6. The molecule has 0 spiro atoms. The van der Waals surface area contributed by atoms with E-state index in [1.165, 1.54) is 12.1 Å². The van der Waals surface area contributed by atoms with Gasteiger partial charge in [-0.1, -0.05) is 18.2 Å². The van der Waals surface area contributed by atoms with Gasteiger partial charge in [-0.2, -0.15) is 14.4 Å². The fraction of sp³-hybridized carbons (Fsp3) is 0.312. The number of alkyl halides is 2. The molecule has 13 heteroatoms. The van der Waals surface area contributed by atoms with Crippen LogP contribution < -0.4 is 10.3 Å². The second kappa shape index (κ2) is 7.54. The Labute approximate surface area is 162 Å². The SMILES string of the molecule is Nc1nc(F)nc2c1ncn2[C@H]1C[C@H](F)[C@@](F)(CO[P+](=O)Oc2ccccc2)O1. The van der Waals surface area contributed by atoms with E-state index in [1.54, 1.807) is 18.2 Å². The van der Waals surface area contributed by atoms with E-state index in [9.17, 15) is 17.7 Å². The topological polar surface area (TPSA) is 114 Å². The molecule has 1 saturated heterocycles. The molecule has 2 N–H and O–H groups in total. The summed E-state index contributed by atoms with van der Waals surface area (Å²) in [6.07, 6.45) is -3.71. The average Bonchev–Trinajstić information content (AvgIpc) is 3.23. The molecule has 1 aliphatic heterocycles. The number of fused-ring (bicyclic) bond motifs is 1. The Kier molecular flexibility index (Phi) is 5.07. The molecule has 0 aliphatic carbocycles. The summed E-state index contributed by atoms with van der Waals surface area (Å²) in [6.45, 7) is -0.981. The van der Waals surface area contributed by atoms with Crippen molar-refractivity contribution in [1.82, 2.24) is 19.5 Å². The van der Waals surface area contributed by atoms with Crippen LogP contribution in [0.4, 0.5) is 19.0 Å². The predicted octanol–water partition coefficient (Wildman–Crippen LogP) is 3.22. The van der Waals surface area contributed by atoms with Gasteiger partial charge in [0.05, 0.1) is 6.33 Å². The zero-order chi connectivity index (χ0) is 20.6. The molecule has 1 aromatic carbocycles. The van der Waals surface area contributed by atoms with E-state index in [1.807, 2.05) is 0 Å². The number of imidazole rings is 1. The van der Waals surface area contributed by atoms with Gasteiger partial charge in [0.25, 0.3) is 5.85 Å². The lowest BCUT2D eigenvalue weighted by Gasteiger charge is -2.19. The van der Waals surface area contributed by atoms with Gasteiger partial charge in [-0.05, 0) is 12.1 Å². The quantitative estimate of drug-likeness (QED) is 0.470. The van der Waals surface area contributed by atoms with Crippen LogP contribution in [0.5, 0.6) is 5.75 Å². The summed E-state index contributed by atoms with van der Waals surface area (Å²) in [4.78, 5) is 10.8. The van der Waals surface area contributed by atoms with Crippen LogP contribution in [0, 0.1) is 6.08 Å². The summed E-state index contributed by atoms with van der Waals surface area (Å²) in [6, 6.07) is 8.07. The Bertz CT molecular complexity index is 1060. The van der Waals surface area contributed by atoms with E-state index in [0.29, 0.717) is 0 Å². The summed E-state index contributed by atoms with van der Waals surface area (Å²) in [5, 5.41) is 0. The number of aromatic nitrogens is 4. The molecule has 3 aromatic rings. The number of benzene rings is 1. The standard InChI is InChI=1S/C16H14F3N5O4P/c17-10-6-11(24-8-21-12-13(20)22-15(18)23-14(12)24)27-16(10,19)7-26-29(25)28-9-4-2-1-3-5-9/h1-5,8,10-11H,6-7H2,(H2,20,22,23)/q+1/t10-,11+,16+/m0/s1. The van der Waals surface area contributed by atoms with Crippen LogP contribution in [0.15, 0.2) is 36.7 Å². The molecular weight excluding hydrogens is 414 g/mol. The molecule has 4 rings (SSSR count). The van der Waals surface area contributed by atoms with E-state index in [0.717, 1.165) is 10.9 Å². The third-order valence-electron chi connectivity index (χ3n) is 4.23. The molecule has 0 saturated carbocycles. The van der Waals surface area contributed by atoms with E-state index in [-0.39, 0.29) is 22.7 Å². The largest absolute Gasteiger partial charge is 0.750 e. The first-order valence-electron chi connectivity index (χ1n) is 8.35. The second-order valence-electron chi connectivity index (χ2n) is 6.17. The Morgan fingerprint density at radius 1 is 1.34 bits per heavy atom. The molecule has 0 bridgehead atoms. The van der Waals surface area contributed by atoms with Crippen molar-refractivity contribution in [1.29, 1.82) is 0 Å². The molecule has 4 atom stereocenters. The number of rotatable bonds is 6. The maximum Gasteiger partial charge on any atom is 0.750 e. The Hall–Kier alpha value is -2.82. The molecule has 1 fully saturated rings. The third kappa shape index (κ3) is 3.86. The van der Waals surface area contributed by atoms with Gasteiger partial charge < -0.3 is 10.5 Å². The second-order valence-corrected chi connectivity index (χ2v) is 7.05. The van der Waals surface area contributed by atoms with Crippen molar-refractivity contribution in [2.45, 2.75) is 24.7 Å². The summed E-state index contributed by atoms with van der Waals surface area (Å²) >= 11 is 0. The van der Waals surface area contributed by atoms with Crippen LogP contribution in [0.1, 0.15) is 12.6 Å². The summed E-state index contributed by atoms with van der Waals surface area (Å²) in [5.41, 5.74) is 5.57. The van der Waals surface area contributed by atoms with Gasteiger partial charge in [-0.15, -0.1) is 4.52 Å². The van der Waals surface area contributed by atoms with Crippen molar-refractivity contribution in [2.75, 3.05) is 12.3 Å². The average molecular weight is 428 g/mol. The number of hydrogen-bond acceptors (Lipinski definition) is 8. The minimum Gasteiger partial charge on any atom is -0.382 e. The number of halogens is 3. The molecular formula is C16H14F3N5O4P+. The molecule has 2 aromatic heterocycles. The number of hydrogen-bond donors (Lipinski definition) is 1. The highest BCUT2D eigenvalue weighted by Gasteiger charge is 2.53. The highest BCUT2D eigenvalue weighted by atomic mass is 31.1. The van der Waals surface area contributed by atoms with Crippen LogP contribution in [-0.4, -0.2) is 38.2 Å². The number of nitrogens with zero attached hydrogens (tertiary/aromatic N) is 4. The molecule has 29 heavy (non-hydrogen) atoms. The monoisotopic (exact) mass is 428 g/mol. The molecule has 3 heterocycles. The maximum atomic E-state index is 14.9. The lowest BCUT2D eigenvalue weighted by Crippen LogP contribution is -2.36. The van der Waals surface area contributed by atoms with Crippen molar-refractivity contribution >= 4 is 25.2 Å². The minimum absolute atomic E-state index is 0.0670. The van der Waals surface area contributed by atoms with Crippen molar-refractivity contribution in [3.8, 4) is 5.75 Å². The van der Waals surface area contributed by atoms with Crippen molar-refractivity contribution in [3.63, 3.8) is 0 Å². The number of para-hydroxylation sites is 1. The van der Waals surface area contributed by atoms with Crippen molar-refractivity contribution < 1.29 is 31.5 Å². The van der Waals surface area contributed by atoms with Crippen LogP contribution in [-0.2, 0) is 13.8 Å². The first-order chi connectivity index (χ1) is 13.9. The number of nitrogen functional groups attached to an aromatic ring is 1. The van der Waals surface area contributed by atoms with Gasteiger partial charge in [-0.3, -0.25) is 4.57 Å². The smallest absolute Gasteiger partial charge is 0.382 e. The van der Waals surface area contributed by atoms with Crippen molar-refractivity contribution in [3.05, 3.63) is 42.7 Å². The van der Waals surface area contributed by atoms with Crippen LogP contribution in [0.25, 0.3) is 11.2 Å². The molecule has 0 amide bonds. The zero-order valence-corrected chi connectivity index (χ0v) is 15.5. The summed E-state index contributed by atoms with van der Waals surface area (Å²) < 4.78 is 70.7. The van der Waals surface area contributed by atoms with E-state index < -0.39 is 45.6 Å². The third-order valence-corrected chi connectivity index (χ3v) is 4.93. The molecule has 9 nitrogen and oxygen atoms in total. The Morgan fingerprint density at radius 3 is 2.86 bits per heavy atom. The van der Waals surface area contributed by atoms with Crippen LogP contribution in [0.2, 0.25) is 0 Å². The Morgan fingerprint density at radius 2 is 2.10 bits per heavy atom. The van der Waals surface area contributed by atoms with Crippen LogP contribution in [0.3, 0.4) is 0 Å². The first kappa shape index (κ1) is 19.5. The normalized spacial score (nSPS) is 24.7. The lowest BCUT2D eigenvalue weighted by molar-refractivity contribution is -0.190. The molecule has 1 unspecified atom stereocenters. The van der Waals surface area contributed by atoms with Crippen molar-refractivity contribution in [2.24, 2.45) is 0 Å². The minimum atomic E-state index is -2.90. The molecule has 0 radical (unpaired) electrons. The fourth-order valence-electron chi connectivity index (χ4n) is 2.85. The number of anilines is 1. The summed E-state index contributed by atoms with van der Waals surface area (Å²) in [5.74, 6) is -2.87. The molecule has 1 aliphatic rings. The Balaban J connectivity index is 1.46. The first-order valence-corrected chi connectivity index (χ1v) is 9.45. The highest BCUT2D eigenvalue weighted by Crippen LogP contribution is 2.43.